The van der Waals surface area contributed by atoms with Gasteiger partial charge in [-0.25, -0.2) is 8.42 Å². The van der Waals surface area contributed by atoms with Gasteiger partial charge in [0.15, 0.2) is 0 Å². The number of halogens is 9. The van der Waals surface area contributed by atoms with E-state index in [9.17, 15) is 43.5 Å². The van der Waals surface area contributed by atoms with Crippen LogP contribution in [-0.2, 0) is 9.84 Å². The minimum absolute atomic E-state index is 0.434. The Hall–Kier alpha value is -0.320. The molecule has 12 heteroatoms. The number of alkyl halides is 9. The van der Waals surface area contributed by atoms with Crippen LogP contribution >= 0.6 is 11.6 Å². The molecule has 114 valence electrons. The van der Waals surface area contributed by atoms with Crippen molar-refractivity contribution in [2.24, 2.45) is 0 Å². The van der Waals surface area contributed by atoms with Crippen LogP contribution in [0.3, 0.4) is 0 Å². The Morgan fingerprint density at radius 3 is 1.47 bits per heavy atom. The topological polar surface area (TPSA) is 34.1 Å². The molecule has 0 saturated heterocycles. The van der Waals surface area contributed by atoms with Gasteiger partial charge in [-0.1, -0.05) is 0 Å². The number of hydrogen-bond acceptors (Lipinski definition) is 2. The van der Waals surface area contributed by atoms with Crippen molar-refractivity contribution in [2.75, 3.05) is 0 Å². The molecule has 0 aromatic carbocycles. The van der Waals surface area contributed by atoms with Gasteiger partial charge in [-0.15, -0.1) is 0 Å². The molecule has 19 heavy (non-hydrogen) atoms. The molecule has 1 saturated carbocycles. The lowest BCUT2D eigenvalue weighted by Gasteiger charge is -2.33. The SMILES string of the molecule is O=S(=O)(C1CC1)C(F)(F)C(F)(F)C(F)(F)C(F)(F)Cl. The maximum atomic E-state index is 13.1. The zero-order valence-electron chi connectivity index (χ0n) is 8.62. The zero-order valence-corrected chi connectivity index (χ0v) is 10.2. The fourth-order valence-corrected chi connectivity index (χ4v) is 2.91. The van der Waals surface area contributed by atoms with Crippen molar-refractivity contribution in [3.8, 4) is 0 Å². The molecule has 0 aromatic heterocycles. The second kappa shape index (κ2) is 4.09. The van der Waals surface area contributed by atoms with Crippen LogP contribution in [0.25, 0.3) is 0 Å². The summed E-state index contributed by atoms with van der Waals surface area (Å²) in [5.41, 5.74) is 0. The predicted octanol–water partition coefficient (Wildman–Crippen LogP) is 3.26. The normalized spacial score (nSPS) is 19.6. The standard InChI is InChI=1S/C7H5ClF8O2S/c8-6(13,14)4(9,10)5(11,12)7(15,16)19(17,18)3-1-2-3/h3H,1-2H2. The molecule has 2 nitrogen and oxygen atoms in total. The molecule has 0 amide bonds. The van der Waals surface area contributed by atoms with Gasteiger partial charge in [0.1, 0.15) is 0 Å². The third-order valence-electron chi connectivity index (χ3n) is 2.44. The van der Waals surface area contributed by atoms with Crippen molar-refractivity contribution in [3.05, 3.63) is 0 Å². The molecule has 0 aliphatic heterocycles. The Bertz CT molecular complexity index is 464. The van der Waals surface area contributed by atoms with Crippen LogP contribution in [0.2, 0.25) is 0 Å². The smallest absolute Gasteiger partial charge is 0.222 e. The fraction of sp³-hybridized carbons (Fsp3) is 1.00. The second-order valence-corrected chi connectivity index (χ2v) is 6.65. The summed E-state index contributed by atoms with van der Waals surface area (Å²) in [4.78, 5) is 0. The Morgan fingerprint density at radius 1 is 0.842 bits per heavy atom. The van der Waals surface area contributed by atoms with E-state index < -0.39 is 50.4 Å². The average Bonchev–Trinajstić information content (AvgIpc) is 2.97. The molecule has 0 heterocycles. The molecule has 0 bridgehead atoms. The van der Waals surface area contributed by atoms with E-state index in [2.05, 4.69) is 11.6 Å². The van der Waals surface area contributed by atoms with Crippen LogP contribution in [0.1, 0.15) is 12.8 Å². The molecule has 1 fully saturated rings. The summed E-state index contributed by atoms with van der Waals surface area (Å²) in [5.74, 6) is -13.6. The van der Waals surface area contributed by atoms with Crippen molar-refractivity contribution in [3.63, 3.8) is 0 Å². The van der Waals surface area contributed by atoms with Gasteiger partial charge in [-0.2, -0.15) is 35.1 Å². The molecular weight excluding hydrogens is 336 g/mol. The van der Waals surface area contributed by atoms with Crippen molar-refractivity contribution in [2.45, 2.75) is 40.6 Å². The van der Waals surface area contributed by atoms with Gasteiger partial charge in [0.05, 0.1) is 5.25 Å². The van der Waals surface area contributed by atoms with E-state index in [1.165, 1.54) is 0 Å². The summed E-state index contributed by atoms with van der Waals surface area (Å²) >= 11 is 3.67. The van der Waals surface area contributed by atoms with Crippen molar-refractivity contribution >= 4 is 21.4 Å². The lowest BCUT2D eigenvalue weighted by molar-refractivity contribution is -0.326. The van der Waals surface area contributed by atoms with Crippen LogP contribution in [0.4, 0.5) is 35.1 Å². The van der Waals surface area contributed by atoms with E-state index >= 15 is 0 Å². The maximum Gasteiger partial charge on any atom is 0.413 e. The van der Waals surface area contributed by atoms with E-state index in [0.717, 1.165) is 0 Å². The molecule has 0 radical (unpaired) electrons. The van der Waals surface area contributed by atoms with E-state index in [1.54, 1.807) is 0 Å². The van der Waals surface area contributed by atoms with Crippen LogP contribution < -0.4 is 0 Å². The number of sulfone groups is 1. The van der Waals surface area contributed by atoms with Gasteiger partial charge >= 0.3 is 22.5 Å². The summed E-state index contributed by atoms with van der Waals surface area (Å²) in [7, 11) is -6.02. The molecule has 0 atom stereocenters. The lowest BCUT2D eigenvalue weighted by Crippen LogP contribution is -2.63. The Kier molecular flexibility index (Phi) is 3.60. The van der Waals surface area contributed by atoms with E-state index in [-0.39, 0.29) is 0 Å². The summed E-state index contributed by atoms with van der Waals surface area (Å²) < 4.78 is 124. The van der Waals surface area contributed by atoms with Gasteiger partial charge in [0.2, 0.25) is 9.84 Å². The highest BCUT2D eigenvalue weighted by Gasteiger charge is 2.84. The third kappa shape index (κ3) is 2.18. The van der Waals surface area contributed by atoms with E-state index in [0.29, 0.717) is 0 Å². The molecule has 0 N–H and O–H groups in total. The summed E-state index contributed by atoms with van der Waals surface area (Å²) in [5, 5.41) is -14.4. The monoisotopic (exact) mass is 340 g/mol. The third-order valence-corrected chi connectivity index (χ3v) is 4.99. The highest BCUT2D eigenvalue weighted by atomic mass is 35.5. The first-order chi connectivity index (χ1) is 8.11. The Labute approximate surface area is 106 Å². The highest BCUT2D eigenvalue weighted by molar-refractivity contribution is 7.93. The molecule has 0 aromatic rings. The molecule has 0 unspecified atom stereocenters. The first kappa shape index (κ1) is 16.7. The molecule has 1 rings (SSSR count). The van der Waals surface area contributed by atoms with Crippen molar-refractivity contribution in [1.82, 2.24) is 0 Å². The quantitative estimate of drug-likeness (QED) is 0.569. The summed E-state index contributed by atoms with van der Waals surface area (Å²) in [6, 6.07) is 0. The summed E-state index contributed by atoms with van der Waals surface area (Å²) in [6.07, 6.45) is -0.867. The van der Waals surface area contributed by atoms with Gasteiger partial charge < -0.3 is 0 Å². The first-order valence-corrected chi connectivity index (χ1v) is 6.46. The average molecular weight is 341 g/mol. The first-order valence-electron chi connectivity index (χ1n) is 4.54. The van der Waals surface area contributed by atoms with Gasteiger partial charge in [-0.05, 0) is 24.4 Å². The second-order valence-electron chi connectivity index (χ2n) is 3.91. The van der Waals surface area contributed by atoms with Crippen molar-refractivity contribution < 1.29 is 43.5 Å². The van der Waals surface area contributed by atoms with Crippen LogP contribution in [0, 0.1) is 0 Å². The molecular formula is C7H5ClF8O2S. The van der Waals surface area contributed by atoms with Crippen LogP contribution in [0.15, 0.2) is 0 Å². The maximum absolute atomic E-state index is 13.1. The largest absolute Gasteiger partial charge is 0.413 e. The van der Waals surface area contributed by atoms with Gasteiger partial charge in [0, 0.05) is 0 Å². The molecule has 1 aliphatic carbocycles. The minimum atomic E-state index is -6.85. The number of hydrogen-bond donors (Lipinski definition) is 0. The van der Waals surface area contributed by atoms with Gasteiger partial charge in [0.25, 0.3) is 0 Å². The van der Waals surface area contributed by atoms with E-state index in [1.807, 2.05) is 0 Å². The summed E-state index contributed by atoms with van der Waals surface area (Å²) in [6.45, 7) is 0. The minimum Gasteiger partial charge on any atom is -0.222 e. The predicted molar refractivity (Wildman–Crippen MR) is 47.6 cm³/mol. The van der Waals surface area contributed by atoms with Crippen molar-refractivity contribution in [1.29, 1.82) is 0 Å². The lowest BCUT2D eigenvalue weighted by atomic mass is 10.2. The molecule has 0 spiro atoms. The molecule has 1 aliphatic rings. The Morgan fingerprint density at radius 2 is 1.21 bits per heavy atom. The van der Waals surface area contributed by atoms with Crippen LogP contribution in [0.5, 0.6) is 0 Å². The van der Waals surface area contributed by atoms with Crippen LogP contribution in [-0.4, -0.2) is 36.1 Å². The van der Waals surface area contributed by atoms with Gasteiger partial charge in [-0.3, -0.25) is 0 Å². The highest BCUT2D eigenvalue weighted by Crippen LogP contribution is 2.57. The zero-order chi connectivity index (χ0) is 15.5. The fourth-order valence-electron chi connectivity index (χ4n) is 1.13. The van der Waals surface area contributed by atoms with E-state index in [4.69, 9.17) is 0 Å². The number of rotatable bonds is 5. The Balaban J connectivity index is 3.33.